The molecule has 0 atom stereocenters. The number of ether oxygens (including phenoxy) is 3. The molecule has 1 N–H and O–H groups in total. The highest BCUT2D eigenvalue weighted by Gasteiger charge is 2.21. The SMILES string of the molecule is CNS(=O)(=O)c1ccc(Cl)c(C(=O)OCc2cc(F)cc3c2OCOC3)c1. The van der Waals surface area contributed by atoms with Crippen LogP contribution in [0.25, 0.3) is 0 Å². The van der Waals surface area contributed by atoms with Gasteiger partial charge in [0.25, 0.3) is 0 Å². The van der Waals surface area contributed by atoms with Crippen LogP contribution >= 0.6 is 11.6 Å². The van der Waals surface area contributed by atoms with Crippen molar-refractivity contribution in [3.05, 3.63) is 57.9 Å². The van der Waals surface area contributed by atoms with Crippen molar-refractivity contribution in [1.29, 1.82) is 0 Å². The molecule has 2 aromatic carbocycles. The number of carbonyl (C=O) groups excluding carboxylic acids is 1. The van der Waals surface area contributed by atoms with Crippen LogP contribution in [0.1, 0.15) is 21.5 Å². The number of hydrogen-bond acceptors (Lipinski definition) is 6. The second-order valence-corrected chi connectivity index (χ2v) is 7.88. The third-order valence-electron chi connectivity index (χ3n) is 3.85. The summed E-state index contributed by atoms with van der Waals surface area (Å²) in [5.41, 5.74) is 0.715. The number of hydrogen-bond donors (Lipinski definition) is 1. The van der Waals surface area contributed by atoms with E-state index in [9.17, 15) is 17.6 Å². The molecule has 27 heavy (non-hydrogen) atoms. The molecule has 0 aliphatic carbocycles. The molecule has 1 aliphatic rings. The van der Waals surface area contributed by atoms with Crippen LogP contribution in [-0.4, -0.2) is 28.2 Å². The first-order chi connectivity index (χ1) is 12.8. The minimum absolute atomic E-state index is 0.00926. The zero-order valence-electron chi connectivity index (χ0n) is 14.1. The number of fused-ring (bicyclic) bond motifs is 1. The van der Waals surface area contributed by atoms with E-state index in [1.165, 1.54) is 31.3 Å². The molecule has 7 nitrogen and oxygen atoms in total. The van der Waals surface area contributed by atoms with Crippen LogP contribution < -0.4 is 9.46 Å². The maximum atomic E-state index is 13.7. The van der Waals surface area contributed by atoms with Gasteiger partial charge >= 0.3 is 5.97 Å². The third kappa shape index (κ3) is 4.22. The Balaban J connectivity index is 1.83. The Morgan fingerprint density at radius 2 is 2.11 bits per heavy atom. The van der Waals surface area contributed by atoms with Crippen molar-refractivity contribution in [2.75, 3.05) is 13.8 Å². The molecule has 3 rings (SSSR count). The van der Waals surface area contributed by atoms with Crippen LogP contribution in [0.2, 0.25) is 5.02 Å². The maximum Gasteiger partial charge on any atom is 0.340 e. The minimum Gasteiger partial charge on any atom is -0.467 e. The van der Waals surface area contributed by atoms with E-state index < -0.39 is 21.8 Å². The molecule has 0 spiro atoms. The van der Waals surface area contributed by atoms with Gasteiger partial charge in [0, 0.05) is 11.1 Å². The fraction of sp³-hybridized carbons (Fsp3) is 0.235. The van der Waals surface area contributed by atoms with Crippen LogP contribution in [0.5, 0.6) is 5.75 Å². The summed E-state index contributed by atoms with van der Waals surface area (Å²) >= 11 is 5.99. The predicted molar refractivity (Wildman–Crippen MR) is 93.5 cm³/mol. The molecule has 0 bridgehead atoms. The number of esters is 1. The van der Waals surface area contributed by atoms with Crippen molar-refractivity contribution >= 4 is 27.6 Å². The summed E-state index contributed by atoms with van der Waals surface area (Å²) in [6, 6.07) is 6.14. The summed E-state index contributed by atoms with van der Waals surface area (Å²) in [4.78, 5) is 12.2. The van der Waals surface area contributed by atoms with Gasteiger partial charge in [-0.15, -0.1) is 0 Å². The van der Waals surface area contributed by atoms with Gasteiger partial charge < -0.3 is 14.2 Å². The second-order valence-electron chi connectivity index (χ2n) is 5.59. The number of carbonyl (C=O) groups is 1. The normalized spacial score (nSPS) is 13.6. The van der Waals surface area contributed by atoms with Crippen molar-refractivity contribution in [3.63, 3.8) is 0 Å². The standard InChI is InChI=1S/C17H15ClFNO6S/c1-20-27(22,23)13-2-3-15(18)14(6-13)17(21)25-8-11-5-12(19)4-10-7-24-9-26-16(10)11/h2-6,20H,7-9H2,1H3. The van der Waals surface area contributed by atoms with Crippen molar-refractivity contribution < 1.29 is 31.8 Å². The molecule has 0 saturated carbocycles. The monoisotopic (exact) mass is 415 g/mol. The smallest absolute Gasteiger partial charge is 0.340 e. The maximum absolute atomic E-state index is 13.7. The van der Waals surface area contributed by atoms with Gasteiger partial charge in [0.15, 0.2) is 6.79 Å². The summed E-state index contributed by atoms with van der Waals surface area (Å²) in [6.07, 6.45) is 0. The van der Waals surface area contributed by atoms with Crippen LogP contribution in [0.15, 0.2) is 35.2 Å². The van der Waals surface area contributed by atoms with Gasteiger partial charge in [0.1, 0.15) is 18.2 Å². The summed E-state index contributed by atoms with van der Waals surface area (Å²) in [7, 11) is -2.51. The van der Waals surface area contributed by atoms with Crippen molar-refractivity contribution in [2.45, 2.75) is 18.1 Å². The lowest BCUT2D eigenvalue weighted by Gasteiger charge is -2.20. The summed E-state index contributed by atoms with van der Waals surface area (Å²) in [5.74, 6) is -0.972. The van der Waals surface area contributed by atoms with E-state index in [-0.39, 0.29) is 35.5 Å². The summed E-state index contributed by atoms with van der Waals surface area (Å²) in [6.45, 7) is -0.0859. The average molecular weight is 416 g/mol. The van der Waals surface area contributed by atoms with Gasteiger partial charge in [-0.25, -0.2) is 22.3 Å². The summed E-state index contributed by atoms with van der Waals surface area (Å²) in [5, 5.41) is 0.0287. The number of sulfonamides is 1. The Hall–Kier alpha value is -2.20. The lowest BCUT2D eigenvalue weighted by atomic mass is 10.1. The highest BCUT2D eigenvalue weighted by molar-refractivity contribution is 7.89. The Kier molecular flexibility index (Phi) is 5.66. The Morgan fingerprint density at radius 1 is 1.33 bits per heavy atom. The van der Waals surface area contributed by atoms with Crippen LogP contribution in [0.3, 0.4) is 0 Å². The first-order valence-electron chi connectivity index (χ1n) is 7.74. The molecule has 0 radical (unpaired) electrons. The molecule has 0 aromatic heterocycles. The van der Waals surface area contributed by atoms with E-state index in [2.05, 4.69) is 4.72 Å². The van der Waals surface area contributed by atoms with Crippen LogP contribution in [-0.2, 0) is 32.7 Å². The van der Waals surface area contributed by atoms with Gasteiger partial charge in [-0.2, -0.15) is 0 Å². The minimum atomic E-state index is -3.76. The number of rotatable bonds is 5. The number of nitrogens with one attached hydrogen (secondary N) is 1. The van der Waals surface area contributed by atoms with Crippen molar-refractivity contribution in [3.8, 4) is 5.75 Å². The van der Waals surface area contributed by atoms with E-state index in [0.29, 0.717) is 16.9 Å². The van der Waals surface area contributed by atoms with Gasteiger partial charge in [0.05, 0.1) is 22.1 Å². The molecule has 0 amide bonds. The van der Waals surface area contributed by atoms with Crippen molar-refractivity contribution in [1.82, 2.24) is 4.72 Å². The molecule has 10 heteroatoms. The predicted octanol–water partition coefficient (Wildman–Crippen LogP) is 2.61. The molecule has 0 saturated heterocycles. The third-order valence-corrected chi connectivity index (χ3v) is 5.59. The largest absolute Gasteiger partial charge is 0.467 e. The van der Waals surface area contributed by atoms with Crippen LogP contribution in [0, 0.1) is 5.82 Å². The fourth-order valence-electron chi connectivity index (χ4n) is 2.53. The highest BCUT2D eigenvalue weighted by atomic mass is 35.5. The molecule has 2 aromatic rings. The lowest BCUT2D eigenvalue weighted by molar-refractivity contribution is -0.0182. The highest BCUT2D eigenvalue weighted by Crippen LogP contribution is 2.30. The zero-order chi connectivity index (χ0) is 19.6. The van der Waals surface area contributed by atoms with Crippen molar-refractivity contribution in [2.24, 2.45) is 0 Å². The van der Waals surface area contributed by atoms with E-state index in [1.54, 1.807) is 0 Å². The van der Waals surface area contributed by atoms with Gasteiger partial charge in [-0.1, -0.05) is 11.6 Å². The Morgan fingerprint density at radius 3 is 2.85 bits per heavy atom. The number of halogens is 2. The molecule has 1 aliphatic heterocycles. The number of benzene rings is 2. The van der Waals surface area contributed by atoms with Gasteiger partial charge in [0.2, 0.25) is 10.0 Å². The van der Waals surface area contributed by atoms with Gasteiger partial charge in [-0.3, -0.25) is 0 Å². The summed E-state index contributed by atoms with van der Waals surface area (Å²) < 4.78 is 55.3. The lowest BCUT2D eigenvalue weighted by Crippen LogP contribution is -2.19. The van der Waals surface area contributed by atoms with E-state index in [4.69, 9.17) is 25.8 Å². The Labute approximate surface area is 160 Å². The molecule has 0 unspecified atom stereocenters. The zero-order valence-corrected chi connectivity index (χ0v) is 15.7. The molecule has 0 fully saturated rings. The quantitative estimate of drug-likeness (QED) is 0.755. The topological polar surface area (TPSA) is 90.9 Å². The van der Waals surface area contributed by atoms with Crippen LogP contribution in [0.4, 0.5) is 4.39 Å². The molecule has 1 heterocycles. The molecule has 144 valence electrons. The van der Waals surface area contributed by atoms with E-state index >= 15 is 0 Å². The fourth-order valence-corrected chi connectivity index (χ4v) is 3.48. The molecular weight excluding hydrogens is 401 g/mol. The van der Waals surface area contributed by atoms with E-state index in [1.807, 2.05) is 0 Å². The Bertz CT molecular complexity index is 995. The first kappa shape index (κ1) is 19.6. The van der Waals surface area contributed by atoms with E-state index in [0.717, 1.165) is 6.07 Å². The average Bonchev–Trinajstić information content (AvgIpc) is 2.65. The molecular formula is C17H15ClFNO6S. The van der Waals surface area contributed by atoms with Gasteiger partial charge in [-0.05, 0) is 37.4 Å². The second kappa shape index (κ2) is 7.81. The first-order valence-corrected chi connectivity index (χ1v) is 9.60.